The number of carbonyl (C=O) groups excluding carboxylic acids is 2. The summed E-state index contributed by atoms with van der Waals surface area (Å²) in [5.74, 6) is 2.99. The summed E-state index contributed by atoms with van der Waals surface area (Å²) in [5.41, 5.74) is 1.35. The molecule has 0 heterocycles. The average Bonchev–Trinajstić information content (AvgIpc) is 2.46. The molecule has 1 N–H and O–H groups in total. The van der Waals surface area contributed by atoms with Gasteiger partial charge in [-0.1, -0.05) is 17.9 Å². The zero-order valence-electron chi connectivity index (χ0n) is 13.3. The molecule has 1 aromatic rings. The lowest BCUT2D eigenvalue weighted by Gasteiger charge is -2.13. The Balaban J connectivity index is 2.98. The number of benzene rings is 1. The van der Waals surface area contributed by atoms with Gasteiger partial charge in [-0.25, -0.2) is 4.79 Å². The van der Waals surface area contributed by atoms with Crippen LogP contribution in [0.3, 0.4) is 0 Å². The second-order valence-electron chi connectivity index (χ2n) is 4.73. The number of aryl methyl sites for hydroxylation is 2. The van der Waals surface area contributed by atoms with Crippen molar-refractivity contribution in [2.75, 3.05) is 18.5 Å². The van der Waals surface area contributed by atoms with E-state index in [1.54, 1.807) is 26.8 Å². The van der Waals surface area contributed by atoms with Crippen LogP contribution in [0.4, 0.5) is 23.7 Å². The Morgan fingerprint density at radius 2 is 1.88 bits per heavy atom. The molecule has 0 spiro atoms. The summed E-state index contributed by atoms with van der Waals surface area (Å²) in [7, 11) is 0. The van der Waals surface area contributed by atoms with E-state index in [0.717, 1.165) is 5.56 Å². The summed E-state index contributed by atoms with van der Waals surface area (Å²) >= 11 is 0. The molecule has 0 aliphatic carbocycles. The molecule has 24 heavy (non-hydrogen) atoms. The second-order valence-corrected chi connectivity index (χ2v) is 4.73. The highest BCUT2D eigenvalue weighted by atomic mass is 19.4. The second kappa shape index (κ2) is 8.24. The Hall–Kier alpha value is -2.69. The van der Waals surface area contributed by atoms with E-state index in [2.05, 4.69) is 21.3 Å². The summed E-state index contributed by atoms with van der Waals surface area (Å²) in [4.78, 5) is 22.1. The first-order valence-corrected chi connectivity index (χ1v) is 6.93. The van der Waals surface area contributed by atoms with Gasteiger partial charge < -0.3 is 14.8 Å². The van der Waals surface area contributed by atoms with Crippen LogP contribution in [0.25, 0.3) is 0 Å². The summed E-state index contributed by atoms with van der Waals surface area (Å²) in [6.45, 7) is 4.76. The van der Waals surface area contributed by atoms with Crippen LogP contribution in [-0.4, -0.2) is 31.5 Å². The third-order valence-electron chi connectivity index (χ3n) is 2.72. The highest BCUT2D eigenvalue weighted by molar-refractivity contribution is 5.96. The maximum Gasteiger partial charge on any atom is 0.509 e. The van der Waals surface area contributed by atoms with Crippen molar-refractivity contribution in [1.29, 1.82) is 0 Å². The van der Waals surface area contributed by atoms with Gasteiger partial charge in [0.15, 0.2) is 6.61 Å². The summed E-state index contributed by atoms with van der Waals surface area (Å²) in [6, 6.07) is 3.14. The molecule has 5 nitrogen and oxygen atoms in total. The van der Waals surface area contributed by atoms with Gasteiger partial charge >= 0.3 is 18.2 Å². The number of nitrogens with one attached hydrogen (secondary N) is 1. The molecule has 0 radical (unpaired) electrons. The van der Waals surface area contributed by atoms with E-state index in [0.29, 0.717) is 5.56 Å². The van der Waals surface area contributed by atoms with E-state index >= 15 is 0 Å². The van der Waals surface area contributed by atoms with Gasteiger partial charge in [0.25, 0.3) is 0 Å². The minimum atomic E-state index is -5.00. The van der Waals surface area contributed by atoms with Gasteiger partial charge in [-0.2, -0.15) is 13.2 Å². The zero-order chi connectivity index (χ0) is 18.3. The highest BCUT2D eigenvalue weighted by Gasteiger charge is 2.39. The molecular formula is C16H16F3NO4. The van der Waals surface area contributed by atoms with Gasteiger partial charge in [0.05, 0.1) is 12.3 Å². The normalized spacial score (nSPS) is 10.4. The van der Waals surface area contributed by atoms with Gasteiger partial charge in [0.2, 0.25) is 0 Å². The fourth-order valence-electron chi connectivity index (χ4n) is 1.80. The Kier molecular flexibility index (Phi) is 6.65. The quantitative estimate of drug-likeness (QED) is 0.675. The molecule has 0 atom stereocenters. The largest absolute Gasteiger partial charge is 0.509 e. The number of rotatable bonds is 3. The maximum absolute atomic E-state index is 12.4. The van der Waals surface area contributed by atoms with Crippen LogP contribution in [-0.2, 0) is 14.3 Å². The minimum absolute atomic E-state index is 0.0356. The molecule has 0 aliphatic rings. The number of halogens is 3. The summed E-state index contributed by atoms with van der Waals surface area (Å²) < 4.78 is 46.5. The molecule has 0 aromatic heterocycles. The number of amides is 1. The standard InChI is InChI=1S/C16H16F3NO4/c1-4-23-15(22)24-7-5-6-12-9-10(2)8-11(3)13(12)20-14(21)16(17,18)19/h8-9H,4,7H2,1-3H3,(H,20,21). The van der Waals surface area contributed by atoms with Crippen molar-refractivity contribution in [3.05, 3.63) is 28.8 Å². The smallest absolute Gasteiger partial charge is 0.435 e. The van der Waals surface area contributed by atoms with Crippen LogP contribution in [0.1, 0.15) is 23.6 Å². The maximum atomic E-state index is 12.4. The predicted octanol–water partition coefficient (Wildman–Crippen LogP) is 3.33. The van der Waals surface area contributed by atoms with Crippen LogP contribution in [0.15, 0.2) is 12.1 Å². The van der Waals surface area contributed by atoms with Crippen molar-refractivity contribution in [1.82, 2.24) is 0 Å². The molecule has 130 valence electrons. The van der Waals surface area contributed by atoms with E-state index in [-0.39, 0.29) is 24.5 Å². The number of ether oxygens (including phenoxy) is 2. The average molecular weight is 343 g/mol. The number of anilines is 1. The number of carbonyl (C=O) groups is 2. The lowest BCUT2D eigenvalue weighted by Crippen LogP contribution is -2.30. The molecule has 1 aromatic carbocycles. The lowest BCUT2D eigenvalue weighted by molar-refractivity contribution is -0.167. The van der Waals surface area contributed by atoms with Gasteiger partial charge in [0, 0.05) is 5.56 Å². The predicted molar refractivity (Wildman–Crippen MR) is 80.5 cm³/mol. The van der Waals surface area contributed by atoms with Crippen LogP contribution >= 0.6 is 0 Å². The lowest BCUT2D eigenvalue weighted by atomic mass is 10.0. The molecule has 8 heteroatoms. The van der Waals surface area contributed by atoms with Crippen molar-refractivity contribution in [3.8, 4) is 11.8 Å². The molecule has 0 saturated heterocycles. The van der Waals surface area contributed by atoms with Crippen molar-refractivity contribution < 1.29 is 32.2 Å². The van der Waals surface area contributed by atoms with E-state index in [9.17, 15) is 22.8 Å². The SMILES string of the molecule is CCOC(=O)OCC#Cc1cc(C)cc(C)c1NC(=O)C(F)(F)F. The van der Waals surface area contributed by atoms with Gasteiger partial charge in [-0.05, 0) is 38.0 Å². The first-order chi connectivity index (χ1) is 11.1. The van der Waals surface area contributed by atoms with Crippen molar-refractivity contribution in [2.45, 2.75) is 26.9 Å². The number of hydrogen-bond acceptors (Lipinski definition) is 4. The molecule has 1 amide bonds. The molecule has 0 bridgehead atoms. The fourth-order valence-corrected chi connectivity index (χ4v) is 1.80. The summed E-state index contributed by atoms with van der Waals surface area (Å²) in [6.07, 6.45) is -5.90. The molecule has 0 fully saturated rings. The molecule has 1 rings (SSSR count). The number of alkyl halides is 3. The van der Waals surface area contributed by atoms with E-state index < -0.39 is 18.2 Å². The van der Waals surface area contributed by atoms with E-state index in [1.807, 2.05) is 5.32 Å². The van der Waals surface area contributed by atoms with Gasteiger partial charge in [-0.3, -0.25) is 4.79 Å². The third-order valence-corrected chi connectivity index (χ3v) is 2.72. The van der Waals surface area contributed by atoms with E-state index in [4.69, 9.17) is 0 Å². The van der Waals surface area contributed by atoms with Crippen LogP contribution < -0.4 is 5.32 Å². The molecule has 0 unspecified atom stereocenters. The van der Waals surface area contributed by atoms with Crippen molar-refractivity contribution >= 4 is 17.7 Å². The summed E-state index contributed by atoms with van der Waals surface area (Å²) in [5, 5.41) is 1.82. The Labute approximate surface area is 137 Å². The zero-order valence-corrected chi connectivity index (χ0v) is 13.3. The first kappa shape index (κ1) is 19.4. The van der Waals surface area contributed by atoms with Crippen LogP contribution in [0, 0.1) is 25.7 Å². The van der Waals surface area contributed by atoms with Gasteiger partial charge in [0.1, 0.15) is 0 Å². The number of hydrogen-bond donors (Lipinski definition) is 1. The Morgan fingerprint density at radius 1 is 1.21 bits per heavy atom. The Bertz CT molecular complexity index is 687. The highest BCUT2D eigenvalue weighted by Crippen LogP contribution is 2.25. The van der Waals surface area contributed by atoms with Crippen molar-refractivity contribution in [3.63, 3.8) is 0 Å². The fraction of sp³-hybridized carbons (Fsp3) is 0.375. The van der Waals surface area contributed by atoms with Crippen LogP contribution in [0.5, 0.6) is 0 Å². The minimum Gasteiger partial charge on any atom is -0.435 e. The molecular weight excluding hydrogens is 327 g/mol. The van der Waals surface area contributed by atoms with Gasteiger partial charge in [-0.15, -0.1) is 0 Å². The Morgan fingerprint density at radius 3 is 2.46 bits per heavy atom. The van der Waals surface area contributed by atoms with E-state index in [1.165, 1.54) is 6.07 Å². The van der Waals surface area contributed by atoms with Crippen LogP contribution in [0.2, 0.25) is 0 Å². The van der Waals surface area contributed by atoms with Crippen molar-refractivity contribution in [2.24, 2.45) is 0 Å². The molecule has 0 saturated carbocycles. The topological polar surface area (TPSA) is 64.6 Å². The third kappa shape index (κ3) is 5.83. The molecule has 0 aliphatic heterocycles. The monoisotopic (exact) mass is 343 g/mol. The first-order valence-electron chi connectivity index (χ1n) is 6.93.